The van der Waals surface area contributed by atoms with Crippen LogP contribution in [0.3, 0.4) is 0 Å². The van der Waals surface area contributed by atoms with E-state index in [2.05, 4.69) is 27.1 Å². The smallest absolute Gasteiger partial charge is 0.369 e. The Bertz CT molecular complexity index is 1800. The van der Waals surface area contributed by atoms with E-state index < -0.39 is 17.6 Å². The number of alkyl halides is 3. The van der Waals surface area contributed by atoms with Gasteiger partial charge in [0.15, 0.2) is 0 Å². The molecule has 1 unspecified atom stereocenters. The van der Waals surface area contributed by atoms with Crippen molar-refractivity contribution in [2.45, 2.75) is 25.4 Å². The summed E-state index contributed by atoms with van der Waals surface area (Å²) in [5.41, 5.74) is 6.98. The van der Waals surface area contributed by atoms with Crippen LogP contribution >= 0.6 is 0 Å². The summed E-state index contributed by atoms with van der Waals surface area (Å²) in [6.07, 6.45) is -1.46. The molecule has 0 aliphatic carbocycles. The van der Waals surface area contributed by atoms with Gasteiger partial charge in [0.05, 0.1) is 34.0 Å². The summed E-state index contributed by atoms with van der Waals surface area (Å²) in [4.78, 5) is 39.6. The Labute approximate surface area is 231 Å². The van der Waals surface area contributed by atoms with E-state index in [0.717, 1.165) is 12.3 Å². The SMILES string of the molecule is CC#CC(=O)N1CCC(c2nc(-c3ccc(C(=O)Nc4cc(C(F)(F)F)ccn4)c(C#N)c3)n3c(N)nccc23)C1. The number of imidazole rings is 1. The molecule has 1 aliphatic rings. The fraction of sp³-hybridized carbons (Fsp3) is 0.214. The number of amides is 2. The highest BCUT2D eigenvalue weighted by atomic mass is 19.4. The quantitative estimate of drug-likeness (QED) is 0.362. The van der Waals surface area contributed by atoms with Crippen molar-refractivity contribution < 1.29 is 22.8 Å². The molecule has 13 heteroatoms. The molecule has 2 amide bonds. The first-order valence-corrected chi connectivity index (χ1v) is 12.3. The first kappa shape index (κ1) is 27.1. The third-order valence-corrected chi connectivity index (χ3v) is 6.68. The Balaban J connectivity index is 1.49. The highest BCUT2D eigenvalue weighted by Crippen LogP contribution is 2.34. The minimum absolute atomic E-state index is 0.0384. The van der Waals surface area contributed by atoms with Crippen LogP contribution in [0.1, 0.15) is 46.4 Å². The van der Waals surface area contributed by atoms with Gasteiger partial charge in [-0.1, -0.05) is 12.0 Å². The van der Waals surface area contributed by atoms with E-state index in [1.807, 2.05) is 6.07 Å². The van der Waals surface area contributed by atoms with Gasteiger partial charge in [-0.05, 0) is 49.6 Å². The molecule has 10 nitrogen and oxygen atoms in total. The lowest BCUT2D eigenvalue weighted by molar-refractivity contribution is -0.137. The first-order valence-electron chi connectivity index (χ1n) is 12.3. The van der Waals surface area contributed by atoms with E-state index in [4.69, 9.17) is 10.7 Å². The molecule has 1 aromatic carbocycles. The van der Waals surface area contributed by atoms with Gasteiger partial charge in [-0.3, -0.25) is 14.0 Å². The molecule has 0 saturated carbocycles. The lowest BCUT2D eigenvalue weighted by Gasteiger charge is -2.12. The molecule has 5 rings (SSSR count). The largest absolute Gasteiger partial charge is 0.416 e. The van der Waals surface area contributed by atoms with Crippen molar-refractivity contribution in [2.75, 3.05) is 24.1 Å². The fourth-order valence-electron chi connectivity index (χ4n) is 4.76. The third kappa shape index (κ3) is 5.25. The molecule has 1 fully saturated rings. The number of fused-ring (bicyclic) bond motifs is 1. The Morgan fingerprint density at radius 2 is 1.93 bits per heavy atom. The fourth-order valence-corrected chi connectivity index (χ4v) is 4.76. The number of nitrogens with zero attached hydrogens (tertiary/aromatic N) is 6. The Morgan fingerprint density at radius 1 is 1.15 bits per heavy atom. The van der Waals surface area contributed by atoms with Gasteiger partial charge in [-0.15, -0.1) is 0 Å². The normalized spacial score (nSPS) is 14.8. The number of hydrogen-bond donors (Lipinski definition) is 2. The molecule has 4 heterocycles. The van der Waals surface area contributed by atoms with Gasteiger partial charge in [0.2, 0.25) is 5.95 Å². The predicted molar refractivity (Wildman–Crippen MR) is 142 cm³/mol. The molecule has 1 atom stereocenters. The second kappa shape index (κ2) is 10.6. The number of aromatic nitrogens is 4. The van der Waals surface area contributed by atoms with E-state index in [-0.39, 0.29) is 34.7 Å². The zero-order chi connectivity index (χ0) is 29.3. The maximum absolute atomic E-state index is 13.1. The van der Waals surface area contributed by atoms with Gasteiger partial charge >= 0.3 is 6.18 Å². The maximum Gasteiger partial charge on any atom is 0.416 e. The van der Waals surface area contributed by atoms with Crippen LogP contribution in [0.25, 0.3) is 16.9 Å². The molecule has 3 N–H and O–H groups in total. The van der Waals surface area contributed by atoms with E-state index in [9.17, 15) is 28.0 Å². The average Bonchev–Trinajstić information content (AvgIpc) is 3.59. The number of nitrogens with one attached hydrogen (secondary N) is 1. The van der Waals surface area contributed by atoms with E-state index in [0.29, 0.717) is 48.2 Å². The molecule has 206 valence electrons. The minimum atomic E-state index is -4.61. The number of carbonyl (C=O) groups is 2. The van der Waals surface area contributed by atoms with Crippen LogP contribution in [0.5, 0.6) is 0 Å². The first-order chi connectivity index (χ1) is 19.6. The van der Waals surface area contributed by atoms with Gasteiger partial charge in [0, 0.05) is 37.0 Å². The summed E-state index contributed by atoms with van der Waals surface area (Å²) in [5, 5.41) is 12.1. The summed E-state index contributed by atoms with van der Waals surface area (Å²) in [6, 6.07) is 9.59. The van der Waals surface area contributed by atoms with Gasteiger partial charge in [-0.2, -0.15) is 18.4 Å². The van der Waals surface area contributed by atoms with E-state index in [1.54, 1.807) is 34.6 Å². The van der Waals surface area contributed by atoms with Crippen LogP contribution in [0.2, 0.25) is 0 Å². The molecule has 0 spiro atoms. The number of hydrogen-bond acceptors (Lipinski definition) is 7. The van der Waals surface area contributed by atoms with Crippen LogP contribution in [0.15, 0.2) is 48.8 Å². The van der Waals surface area contributed by atoms with E-state index in [1.165, 1.54) is 12.1 Å². The minimum Gasteiger partial charge on any atom is -0.369 e. The third-order valence-electron chi connectivity index (χ3n) is 6.68. The molecule has 1 saturated heterocycles. The lowest BCUT2D eigenvalue weighted by Crippen LogP contribution is -2.26. The van der Waals surface area contributed by atoms with Crippen LogP contribution < -0.4 is 11.1 Å². The number of nitriles is 1. The molecule has 1 aliphatic heterocycles. The Hall–Kier alpha value is -5.43. The topological polar surface area (TPSA) is 142 Å². The monoisotopic (exact) mass is 558 g/mol. The second-order valence-corrected chi connectivity index (χ2v) is 9.21. The number of nitrogens with two attached hydrogens (primary N) is 1. The van der Waals surface area contributed by atoms with Gasteiger partial charge in [-0.25, -0.2) is 15.0 Å². The number of anilines is 2. The molecular weight excluding hydrogens is 537 g/mol. The number of benzene rings is 1. The van der Waals surface area contributed by atoms with Crippen LogP contribution in [-0.4, -0.2) is 49.2 Å². The number of carbonyl (C=O) groups excluding carboxylic acids is 2. The highest BCUT2D eigenvalue weighted by Gasteiger charge is 2.32. The molecule has 41 heavy (non-hydrogen) atoms. The van der Waals surface area contributed by atoms with Crippen LogP contribution in [0.4, 0.5) is 24.9 Å². The van der Waals surface area contributed by atoms with E-state index >= 15 is 0 Å². The zero-order valence-electron chi connectivity index (χ0n) is 21.5. The molecule has 3 aromatic heterocycles. The van der Waals surface area contributed by atoms with Crippen molar-refractivity contribution in [2.24, 2.45) is 0 Å². The summed E-state index contributed by atoms with van der Waals surface area (Å²) in [7, 11) is 0. The average molecular weight is 559 g/mol. The standard InChI is InChI=1S/C28H21F3N8O2/c1-2-3-23(40)38-11-8-17(15-38)24-21-7-10-35-27(33)39(21)25(37-24)16-4-5-20(18(12-16)14-32)26(41)36-22-13-19(6-9-34-22)28(29,30)31/h4-7,9-10,12-13,17H,8,11,15H2,1H3,(H2,33,35)(H,34,36,41). The Kier molecular flexibility index (Phi) is 7.03. The predicted octanol–water partition coefficient (Wildman–Crippen LogP) is 3.86. The summed E-state index contributed by atoms with van der Waals surface area (Å²) in [5.74, 6) is 4.23. The number of rotatable bonds is 4. The van der Waals surface area contributed by atoms with Crippen molar-refractivity contribution in [3.63, 3.8) is 0 Å². The molecular formula is C28H21F3N8O2. The Morgan fingerprint density at radius 3 is 2.66 bits per heavy atom. The van der Waals surface area contributed by atoms with Gasteiger partial charge < -0.3 is 16.0 Å². The van der Waals surface area contributed by atoms with Crippen molar-refractivity contribution in [1.82, 2.24) is 24.3 Å². The number of halogens is 3. The highest BCUT2D eigenvalue weighted by molar-refractivity contribution is 6.05. The molecule has 4 aromatic rings. The summed E-state index contributed by atoms with van der Waals surface area (Å²) < 4.78 is 40.8. The van der Waals surface area contributed by atoms with Crippen LogP contribution in [-0.2, 0) is 11.0 Å². The molecule has 0 bridgehead atoms. The number of nitrogen functional groups attached to an aromatic ring is 1. The number of likely N-dealkylation sites (tertiary alicyclic amines) is 1. The van der Waals surface area contributed by atoms with Crippen molar-refractivity contribution in [1.29, 1.82) is 5.26 Å². The van der Waals surface area contributed by atoms with Crippen molar-refractivity contribution >= 4 is 29.1 Å². The number of pyridine rings is 1. The molecule has 0 radical (unpaired) electrons. The van der Waals surface area contributed by atoms with Crippen molar-refractivity contribution in [3.8, 4) is 29.3 Å². The van der Waals surface area contributed by atoms with Crippen LogP contribution in [0, 0.1) is 23.2 Å². The van der Waals surface area contributed by atoms with Gasteiger partial charge in [0.1, 0.15) is 11.6 Å². The summed E-state index contributed by atoms with van der Waals surface area (Å²) >= 11 is 0. The lowest BCUT2D eigenvalue weighted by atomic mass is 10.0. The zero-order valence-corrected chi connectivity index (χ0v) is 21.5. The van der Waals surface area contributed by atoms with Gasteiger partial charge in [0.25, 0.3) is 11.8 Å². The van der Waals surface area contributed by atoms with Crippen molar-refractivity contribution in [3.05, 3.63) is 71.2 Å². The second-order valence-electron chi connectivity index (χ2n) is 9.21. The maximum atomic E-state index is 13.1. The summed E-state index contributed by atoms with van der Waals surface area (Å²) in [6.45, 7) is 2.55.